The zero-order valence-electron chi connectivity index (χ0n) is 13.8. The number of nitrogens with zero attached hydrogens (tertiary/aromatic N) is 4. The Bertz CT molecular complexity index is 873. The van der Waals surface area contributed by atoms with E-state index >= 15 is 0 Å². The highest BCUT2D eigenvalue weighted by Crippen LogP contribution is 2.26. The lowest BCUT2D eigenvalue weighted by molar-refractivity contribution is 0.228. The summed E-state index contributed by atoms with van der Waals surface area (Å²) in [7, 11) is 0. The Labute approximate surface area is 151 Å². The monoisotopic (exact) mass is 354 g/mol. The zero-order valence-corrected chi connectivity index (χ0v) is 14.6. The number of piperidine rings is 1. The van der Waals surface area contributed by atoms with Crippen LogP contribution >= 0.6 is 11.6 Å². The van der Waals surface area contributed by atoms with Crippen molar-refractivity contribution in [3.8, 4) is 5.75 Å². The number of aromatic nitrogens is 3. The van der Waals surface area contributed by atoms with Gasteiger partial charge in [-0.25, -0.2) is 9.97 Å². The Morgan fingerprint density at radius 2 is 2.00 bits per heavy atom. The summed E-state index contributed by atoms with van der Waals surface area (Å²) in [5.74, 6) is 2.15. The summed E-state index contributed by atoms with van der Waals surface area (Å²) in [6.45, 7) is 2.58. The molecular formula is C19H19ClN4O. The molecule has 0 saturated carbocycles. The van der Waals surface area contributed by atoms with Crippen molar-refractivity contribution in [1.82, 2.24) is 15.0 Å². The Hall–Kier alpha value is -2.40. The van der Waals surface area contributed by atoms with E-state index in [2.05, 4.69) is 19.9 Å². The number of anilines is 1. The summed E-state index contributed by atoms with van der Waals surface area (Å²) in [5, 5.41) is 0.657. The van der Waals surface area contributed by atoms with Crippen molar-refractivity contribution < 1.29 is 4.74 Å². The van der Waals surface area contributed by atoms with Gasteiger partial charge in [-0.3, -0.25) is 4.98 Å². The standard InChI is InChI=1S/C19H19ClN4O/c20-15-5-1-2-6-17(15)25-13-14-4-3-11-24(12-14)18-8-7-16-19(23-18)22-10-9-21-16/h1-2,5-10,14H,3-4,11-13H2. The summed E-state index contributed by atoms with van der Waals surface area (Å²) < 4.78 is 5.93. The van der Waals surface area contributed by atoms with Gasteiger partial charge >= 0.3 is 0 Å². The number of benzene rings is 1. The van der Waals surface area contributed by atoms with Crippen LogP contribution in [0.2, 0.25) is 5.02 Å². The lowest BCUT2D eigenvalue weighted by Gasteiger charge is -2.33. The van der Waals surface area contributed by atoms with Crippen LogP contribution < -0.4 is 9.64 Å². The smallest absolute Gasteiger partial charge is 0.180 e. The third kappa shape index (κ3) is 3.66. The van der Waals surface area contributed by atoms with E-state index in [-0.39, 0.29) is 0 Å². The van der Waals surface area contributed by atoms with Gasteiger partial charge in [0.1, 0.15) is 17.1 Å². The molecule has 5 nitrogen and oxygen atoms in total. The van der Waals surface area contributed by atoms with Crippen LogP contribution in [-0.2, 0) is 0 Å². The van der Waals surface area contributed by atoms with Crippen molar-refractivity contribution in [3.63, 3.8) is 0 Å². The van der Waals surface area contributed by atoms with E-state index in [4.69, 9.17) is 16.3 Å². The van der Waals surface area contributed by atoms with Crippen molar-refractivity contribution >= 4 is 28.6 Å². The Kier molecular flexibility index (Phi) is 4.65. The summed E-state index contributed by atoms with van der Waals surface area (Å²) >= 11 is 6.16. The molecule has 128 valence electrons. The number of hydrogen-bond donors (Lipinski definition) is 0. The van der Waals surface area contributed by atoms with E-state index in [1.807, 2.05) is 36.4 Å². The third-order valence-electron chi connectivity index (χ3n) is 4.47. The van der Waals surface area contributed by atoms with Crippen molar-refractivity contribution in [2.45, 2.75) is 12.8 Å². The fraction of sp³-hybridized carbons (Fsp3) is 0.316. The number of pyridine rings is 1. The fourth-order valence-electron chi connectivity index (χ4n) is 3.20. The first kappa shape index (κ1) is 16.1. The topological polar surface area (TPSA) is 51.1 Å². The predicted molar refractivity (Wildman–Crippen MR) is 99.2 cm³/mol. The van der Waals surface area contributed by atoms with Gasteiger partial charge in [0.2, 0.25) is 0 Å². The number of fused-ring (bicyclic) bond motifs is 1. The van der Waals surface area contributed by atoms with Crippen LogP contribution in [0.25, 0.3) is 11.2 Å². The first-order valence-electron chi connectivity index (χ1n) is 8.49. The van der Waals surface area contributed by atoms with Gasteiger partial charge in [0.25, 0.3) is 0 Å². The van der Waals surface area contributed by atoms with Crippen LogP contribution in [0, 0.1) is 5.92 Å². The average Bonchev–Trinajstić information content (AvgIpc) is 2.67. The van der Waals surface area contributed by atoms with Gasteiger partial charge in [-0.15, -0.1) is 0 Å². The van der Waals surface area contributed by atoms with Gasteiger partial charge in [0, 0.05) is 31.4 Å². The van der Waals surface area contributed by atoms with E-state index in [1.54, 1.807) is 12.4 Å². The molecule has 1 aliphatic heterocycles. The molecule has 0 N–H and O–H groups in total. The van der Waals surface area contributed by atoms with Gasteiger partial charge in [-0.2, -0.15) is 0 Å². The largest absolute Gasteiger partial charge is 0.492 e. The average molecular weight is 355 g/mol. The maximum absolute atomic E-state index is 6.16. The van der Waals surface area contributed by atoms with Gasteiger partial charge in [0.05, 0.1) is 11.6 Å². The summed E-state index contributed by atoms with van der Waals surface area (Å²) in [6.07, 6.45) is 5.63. The van der Waals surface area contributed by atoms with Crippen LogP contribution in [0.4, 0.5) is 5.82 Å². The van der Waals surface area contributed by atoms with Gasteiger partial charge in [0.15, 0.2) is 5.65 Å². The van der Waals surface area contributed by atoms with Crippen LogP contribution in [0.5, 0.6) is 5.75 Å². The lowest BCUT2D eigenvalue weighted by atomic mass is 9.99. The Morgan fingerprint density at radius 3 is 2.92 bits per heavy atom. The number of rotatable bonds is 4. The highest BCUT2D eigenvalue weighted by molar-refractivity contribution is 6.32. The van der Waals surface area contributed by atoms with Crippen LogP contribution in [-0.4, -0.2) is 34.6 Å². The summed E-state index contributed by atoms with van der Waals surface area (Å²) in [6, 6.07) is 11.6. The van der Waals surface area contributed by atoms with E-state index < -0.39 is 0 Å². The molecule has 3 heterocycles. The maximum atomic E-state index is 6.16. The van der Waals surface area contributed by atoms with Crippen molar-refractivity contribution in [2.75, 3.05) is 24.6 Å². The molecule has 1 unspecified atom stereocenters. The van der Waals surface area contributed by atoms with Crippen molar-refractivity contribution in [3.05, 3.63) is 53.8 Å². The van der Waals surface area contributed by atoms with E-state index in [0.717, 1.165) is 43.0 Å². The quantitative estimate of drug-likeness (QED) is 0.709. The molecule has 1 atom stereocenters. The zero-order chi connectivity index (χ0) is 17.1. The van der Waals surface area contributed by atoms with Crippen molar-refractivity contribution in [2.24, 2.45) is 5.92 Å². The van der Waals surface area contributed by atoms with Crippen LogP contribution in [0.1, 0.15) is 12.8 Å². The SMILES string of the molecule is Clc1ccccc1OCC1CCCN(c2ccc3nccnc3n2)C1. The van der Waals surface area contributed by atoms with Gasteiger partial charge < -0.3 is 9.64 Å². The van der Waals surface area contributed by atoms with Crippen LogP contribution in [0.3, 0.4) is 0 Å². The normalized spacial score (nSPS) is 17.6. The third-order valence-corrected chi connectivity index (χ3v) is 4.78. The molecule has 1 fully saturated rings. The molecule has 25 heavy (non-hydrogen) atoms. The first-order valence-corrected chi connectivity index (χ1v) is 8.87. The molecule has 4 rings (SSSR count). The number of para-hydroxylation sites is 1. The van der Waals surface area contributed by atoms with E-state index in [1.165, 1.54) is 0 Å². The summed E-state index contributed by atoms with van der Waals surface area (Å²) in [5.41, 5.74) is 1.51. The number of ether oxygens (including phenoxy) is 1. The molecule has 1 aromatic carbocycles. The second-order valence-electron chi connectivity index (χ2n) is 6.26. The molecule has 6 heteroatoms. The molecule has 0 spiro atoms. The predicted octanol–water partition coefficient (Wildman–Crippen LogP) is 3.97. The second-order valence-corrected chi connectivity index (χ2v) is 6.67. The lowest BCUT2D eigenvalue weighted by Crippen LogP contribution is -2.38. The molecule has 1 saturated heterocycles. The number of hydrogen-bond acceptors (Lipinski definition) is 5. The number of halogens is 1. The Morgan fingerprint density at radius 1 is 1.12 bits per heavy atom. The summed E-state index contributed by atoms with van der Waals surface area (Å²) in [4.78, 5) is 15.5. The van der Waals surface area contributed by atoms with Gasteiger partial charge in [-0.1, -0.05) is 23.7 Å². The molecule has 0 aliphatic carbocycles. The molecule has 3 aromatic rings. The molecule has 1 aliphatic rings. The minimum atomic E-state index is 0.448. The molecule has 0 bridgehead atoms. The van der Waals surface area contributed by atoms with Crippen molar-refractivity contribution in [1.29, 1.82) is 0 Å². The van der Waals surface area contributed by atoms with Crippen LogP contribution in [0.15, 0.2) is 48.8 Å². The second kappa shape index (κ2) is 7.23. The highest BCUT2D eigenvalue weighted by atomic mass is 35.5. The van der Waals surface area contributed by atoms with E-state index in [0.29, 0.717) is 23.2 Å². The minimum absolute atomic E-state index is 0.448. The maximum Gasteiger partial charge on any atom is 0.180 e. The first-order chi connectivity index (χ1) is 12.3. The van der Waals surface area contributed by atoms with E-state index in [9.17, 15) is 0 Å². The van der Waals surface area contributed by atoms with Gasteiger partial charge in [-0.05, 0) is 37.1 Å². The molecule has 0 amide bonds. The highest BCUT2D eigenvalue weighted by Gasteiger charge is 2.22. The molecule has 2 aromatic heterocycles. The fourth-order valence-corrected chi connectivity index (χ4v) is 3.39. The molecule has 0 radical (unpaired) electrons. The minimum Gasteiger partial charge on any atom is -0.492 e. The molecular weight excluding hydrogens is 336 g/mol. The Balaban J connectivity index is 1.44.